The van der Waals surface area contributed by atoms with Crippen molar-refractivity contribution in [2.45, 2.75) is 12.3 Å². The zero-order chi connectivity index (χ0) is 17.0. The number of carboxylic acid groups (broad SMARTS) is 2. The Morgan fingerprint density at radius 1 is 1.13 bits per heavy atom. The predicted molar refractivity (Wildman–Crippen MR) is 85.5 cm³/mol. The van der Waals surface area contributed by atoms with Crippen LogP contribution in [0.1, 0.15) is 27.4 Å². The zero-order valence-corrected chi connectivity index (χ0v) is 13.1. The van der Waals surface area contributed by atoms with E-state index in [1.807, 2.05) is 0 Å². The Hall–Kier alpha value is -2.53. The summed E-state index contributed by atoms with van der Waals surface area (Å²) >= 11 is 5.97. The van der Waals surface area contributed by atoms with Crippen LogP contribution in [0.2, 0.25) is 5.02 Å². The Bertz CT molecular complexity index is 724. The molecular weight excluding hydrogens is 320 g/mol. The van der Waals surface area contributed by atoms with Gasteiger partial charge in [-0.2, -0.15) is 0 Å². The third-order valence-electron chi connectivity index (χ3n) is 3.51. The molecule has 0 spiro atoms. The molecule has 0 heterocycles. The number of benzene rings is 2. The van der Waals surface area contributed by atoms with E-state index in [-0.39, 0.29) is 12.0 Å². The van der Waals surface area contributed by atoms with Gasteiger partial charge >= 0.3 is 11.9 Å². The highest BCUT2D eigenvalue weighted by Gasteiger charge is 2.24. The van der Waals surface area contributed by atoms with E-state index in [2.05, 4.69) is 0 Å². The van der Waals surface area contributed by atoms with Crippen molar-refractivity contribution in [1.29, 1.82) is 0 Å². The summed E-state index contributed by atoms with van der Waals surface area (Å²) in [7, 11) is 1.47. The zero-order valence-electron chi connectivity index (χ0n) is 12.3. The molecule has 23 heavy (non-hydrogen) atoms. The van der Waals surface area contributed by atoms with Gasteiger partial charge in [-0.05, 0) is 42.3 Å². The van der Waals surface area contributed by atoms with E-state index >= 15 is 0 Å². The van der Waals surface area contributed by atoms with Gasteiger partial charge in [0.1, 0.15) is 5.75 Å². The van der Waals surface area contributed by atoms with E-state index < -0.39 is 17.9 Å². The number of rotatable bonds is 6. The van der Waals surface area contributed by atoms with Crippen LogP contribution in [-0.4, -0.2) is 29.3 Å². The summed E-state index contributed by atoms with van der Waals surface area (Å²) in [6.45, 7) is 0. The van der Waals surface area contributed by atoms with Gasteiger partial charge in [0.25, 0.3) is 0 Å². The van der Waals surface area contributed by atoms with Crippen LogP contribution in [0.15, 0.2) is 42.5 Å². The number of halogens is 1. The highest BCUT2D eigenvalue weighted by Crippen LogP contribution is 2.32. The summed E-state index contributed by atoms with van der Waals surface area (Å²) in [6, 6.07) is 10.9. The Morgan fingerprint density at radius 3 is 2.30 bits per heavy atom. The fourth-order valence-corrected chi connectivity index (χ4v) is 2.51. The van der Waals surface area contributed by atoms with E-state index in [1.54, 1.807) is 30.3 Å². The molecule has 0 aliphatic rings. The standard InChI is InChI=1S/C17H15ClO5/c1-23-15-7-6-12(18)9-13(15)14(17(21)22)8-10-2-4-11(5-3-10)16(19)20/h2-7,9,14H,8H2,1H3,(H,19,20)(H,21,22). The lowest BCUT2D eigenvalue weighted by Crippen LogP contribution is -2.15. The molecule has 0 radical (unpaired) electrons. The van der Waals surface area contributed by atoms with E-state index in [0.29, 0.717) is 21.9 Å². The van der Waals surface area contributed by atoms with Crippen LogP contribution in [0.4, 0.5) is 0 Å². The molecule has 2 aromatic rings. The van der Waals surface area contributed by atoms with Crippen molar-refractivity contribution in [3.8, 4) is 5.75 Å². The SMILES string of the molecule is COc1ccc(Cl)cc1C(Cc1ccc(C(=O)O)cc1)C(=O)O. The van der Waals surface area contributed by atoms with Crippen LogP contribution >= 0.6 is 11.6 Å². The van der Waals surface area contributed by atoms with Crippen molar-refractivity contribution in [1.82, 2.24) is 0 Å². The molecule has 0 aliphatic carbocycles. The van der Waals surface area contributed by atoms with Crippen molar-refractivity contribution in [2.24, 2.45) is 0 Å². The summed E-state index contributed by atoms with van der Waals surface area (Å²) in [5.74, 6) is -2.43. The van der Waals surface area contributed by atoms with Crippen LogP contribution in [-0.2, 0) is 11.2 Å². The van der Waals surface area contributed by atoms with Gasteiger partial charge in [0.2, 0.25) is 0 Å². The van der Waals surface area contributed by atoms with Gasteiger partial charge in [-0.3, -0.25) is 4.79 Å². The molecule has 0 aliphatic heterocycles. The molecule has 0 amide bonds. The Labute approximate surface area is 138 Å². The van der Waals surface area contributed by atoms with Gasteiger partial charge in [-0.25, -0.2) is 4.79 Å². The Balaban J connectivity index is 2.34. The van der Waals surface area contributed by atoms with Gasteiger partial charge < -0.3 is 14.9 Å². The van der Waals surface area contributed by atoms with Crippen molar-refractivity contribution in [2.75, 3.05) is 7.11 Å². The first-order valence-electron chi connectivity index (χ1n) is 6.81. The molecule has 0 bridgehead atoms. The van der Waals surface area contributed by atoms with Crippen molar-refractivity contribution >= 4 is 23.5 Å². The lowest BCUT2D eigenvalue weighted by molar-refractivity contribution is -0.138. The van der Waals surface area contributed by atoms with Crippen molar-refractivity contribution in [3.63, 3.8) is 0 Å². The second-order valence-electron chi connectivity index (χ2n) is 4.98. The molecule has 1 atom stereocenters. The summed E-state index contributed by atoms with van der Waals surface area (Å²) < 4.78 is 5.22. The number of ether oxygens (including phenoxy) is 1. The average Bonchev–Trinajstić information content (AvgIpc) is 2.52. The molecule has 2 aromatic carbocycles. The Kier molecular flexibility index (Phi) is 5.24. The number of hydrogen-bond acceptors (Lipinski definition) is 3. The van der Waals surface area contributed by atoms with Gasteiger partial charge in [0.15, 0.2) is 0 Å². The molecule has 5 nitrogen and oxygen atoms in total. The summed E-state index contributed by atoms with van der Waals surface area (Å²) in [5.41, 5.74) is 1.35. The molecule has 120 valence electrons. The first-order valence-corrected chi connectivity index (χ1v) is 7.18. The highest BCUT2D eigenvalue weighted by atomic mass is 35.5. The monoisotopic (exact) mass is 334 g/mol. The first-order chi connectivity index (χ1) is 10.9. The first kappa shape index (κ1) is 16.8. The normalized spacial score (nSPS) is 11.7. The number of hydrogen-bond donors (Lipinski definition) is 2. The third-order valence-corrected chi connectivity index (χ3v) is 3.74. The lowest BCUT2D eigenvalue weighted by atomic mass is 9.91. The summed E-state index contributed by atoms with van der Waals surface area (Å²) in [4.78, 5) is 22.5. The minimum absolute atomic E-state index is 0.154. The fourth-order valence-electron chi connectivity index (χ4n) is 2.33. The minimum Gasteiger partial charge on any atom is -0.496 e. The van der Waals surface area contributed by atoms with Crippen LogP contribution in [0, 0.1) is 0 Å². The van der Waals surface area contributed by atoms with Gasteiger partial charge in [0, 0.05) is 10.6 Å². The summed E-state index contributed by atoms with van der Waals surface area (Å²) in [5, 5.41) is 18.9. The molecule has 0 aromatic heterocycles. The van der Waals surface area contributed by atoms with Gasteiger partial charge in [-0.15, -0.1) is 0 Å². The van der Waals surface area contributed by atoms with Crippen LogP contribution in [0.25, 0.3) is 0 Å². The van der Waals surface area contributed by atoms with E-state index in [1.165, 1.54) is 19.2 Å². The molecular formula is C17H15ClO5. The van der Waals surface area contributed by atoms with E-state index in [4.69, 9.17) is 21.4 Å². The topological polar surface area (TPSA) is 83.8 Å². The van der Waals surface area contributed by atoms with Crippen LogP contribution in [0.3, 0.4) is 0 Å². The average molecular weight is 335 g/mol. The fraction of sp³-hybridized carbons (Fsp3) is 0.176. The van der Waals surface area contributed by atoms with Crippen molar-refractivity contribution < 1.29 is 24.5 Å². The number of aromatic carboxylic acids is 1. The summed E-state index contributed by atoms with van der Waals surface area (Å²) in [6.07, 6.45) is 0.200. The number of carbonyl (C=O) groups is 2. The Morgan fingerprint density at radius 2 is 1.78 bits per heavy atom. The predicted octanol–water partition coefficient (Wildman–Crippen LogP) is 3.46. The number of methoxy groups -OCH3 is 1. The molecule has 6 heteroatoms. The van der Waals surface area contributed by atoms with Gasteiger partial charge in [0.05, 0.1) is 18.6 Å². The maximum Gasteiger partial charge on any atom is 0.335 e. The largest absolute Gasteiger partial charge is 0.496 e. The molecule has 2 rings (SSSR count). The van der Waals surface area contributed by atoms with Crippen LogP contribution in [0.5, 0.6) is 5.75 Å². The maximum absolute atomic E-state index is 11.7. The molecule has 2 N–H and O–H groups in total. The quantitative estimate of drug-likeness (QED) is 0.845. The highest BCUT2D eigenvalue weighted by molar-refractivity contribution is 6.30. The van der Waals surface area contributed by atoms with E-state index in [0.717, 1.165) is 0 Å². The van der Waals surface area contributed by atoms with E-state index in [9.17, 15) is 14.7 Å². The smallest absolute Gasteiger partial charge is 0.335 e. The second kappa shape index (κ2) is 7.15. The molecule has 0 saturated heterocycles. The van der Waals surface area contributed by atoms with Crippen molar-refractivity contribution in [3.05, 3.63) is 64.2 Å². The number of carboxylic acids is 2. The molecule has 1 unspecified atom stereocenters. The molecule has 0 fully saturated rings. The van der Waals surface area contributed by atoms with Gasteiger partial charge in [-0.1, -0.05) is 23.7 Å². The molecule has 0 saturated carbocycles. The second-order valence-corrected chi connectivity index (χ2v) is 5.42. The third kappa shape index (κ3) is 4.02. The maximum atomic E-state index is 11.7. The number of aliphatic carboxylic acids is 1. The minimum atomic E-state index is -1.03. The lowest BCUT2D eigenvalue weighted by Gasteiger charge is -2.17. The van der Waals surface area contributed by atoms with Crippen LogP contribution < -0.4 is 4.74 Å².